The summed E-state index contributed by atoms with van der Waals surface area (Å²) in [4.78, 5) is 0. The minimum atomic E-state index is 0.958. The van der Waals surface area contributed by atoms with Crippen molar-refractivity contribution in [3.05, 3.63) is 29.3 Å². The summed E-state index contributed by atoms with van der Waals surface area (Å²) in [5.41, 5.74) is 2.84. The molecule has 0 bridgehead atoms. The van der Waals surface area contributed by atoms with Crippen LogP contribution in [0.2, 0.25) is 0 Å². The molecule has 0 fully saturated rings. The fraction of sp³-hybridized carbons (Fsp3) is 0.455. The first-order valence-corrected chi connectivity index (χ1v) is 4.69. The highest BCUT2D eigenvalue weighted by Gasteiger charge is 2.08. The molecule has 2 nitrogen and oxygen atoms in total. The Hall–Kier alpha value is -1.02. The van der Waals surface area contributed by atoms with E-state index in [-0.39, 0.29) is 0 Å². The highest BCUT2D eigenvalue weighted by atomic mass is 16.5. The molecule has 0 spiro atoms. The molecule has 0 saturated carbocycles. The van der Waals surface area contributed by atoms with Crippen molar-refractivity contribution in [1.82, 2.24) is 5.32 Å². The van der Waals surface area contributed by atoms with Gasteiger partial charge in [0.1, 0.15) is 5.75 Å². The fourth-order valence-electron chi connectivity index (χ4n) is 1.72. The van der Waals surface area contributed by atoms with E-state index in [9.17, 15) is 0 Å². The van der Waals surface area contributed by atoms with Gasteiger partial charge >= 0.3 is 0 Å². The molecule has 1 heterocycles. The number of benzene rings is 1. The molecule has 1 aliphatic rings. The summed E-state index contributed by atoms with van der Waals surface area (Å²) < 4.78 is 5.19. The number of methoxy groups -OCH3 is 1. The molecular weight excluding hydrogens is 162 g/mol. The predicted molar refractivity (Wildman–Crippen MR) is 52.3 cm³/mol. The predicted octanol–water partition coefficient (Wildman–Crippen LogP) is 1.40. The zero-order chi connectivity index (χ0) is 9.10. The van der Waals surface area contributed by atoms with Gasteiger partial charge < -0.3 is 4.74 Å². The second kappa shape index (κ2) is 3.79. The molecule has 2 heteroatoms. The van der Waals surface area contributed by atoms with E-state index in [2.05, 4.69) is 17.4 Å². The Balaban J connectivity index is 2.32. The topological polar surface area (TPSA) is 23.3 Å². The van der Waals surface area contributed by atoms with Crippen LogP contribution in [-0.2, 0) is 12.8 Å². The molecule has 0 aliphatic carbocycles. The van der Waals surface area contributed by atoms with Gasteiger partial charge in [0.25, 0.3) is 0 Å². The lowest BCUT2D eigenvalue weighted by Crippen LogP contribution is -2.07. The van der Waals surface area contributed by atoms with Crippen LogP contribution in [0.15, 0.2) is 18.2 Å². The van der Waals surface area contributed by atoms with E-state index in [1.165, 1.54) is 11.1 Å². The summed E-state index contributed by atoms with van der Waals surface area (Å²) in [6.45, 7) is 1.93. The molecule has 13 heavy (non-hydrogen) atoms. The van der Waals surface area contributed by atoms with Crippen molar-refractivity contribution >= 4 is 0 Å². The van der Waals surface area contributed by atoms with Gasteiger partial charge in [-0.05, 0) is 36.1 Å². The molecule has 0 unspecified atom stereocenters. The molecule has 2 rings (SSSR count). The summed E-state index contributed by atoms with van der Waals surface area (Å²) in [6.07, 6.45) is 2.14. The SMILES string of the molecule is COc1ccc2c(c1)CC[N]CC2. The minimum Gasteiger partial charge on any atom is -0.497 e. The van der Waals surface area contributed by atoms with Gasteiger partial charge in [0.15, 0.2) is 0 Å². The van der Waals surface area contributed by atoms with E-state index in [4.69, 9.17) is 4.74 Å². The average molecular weight is 176 g/mol. The Morgan fingerprint density at radius 2 is 1.92 bits per heavy atom. The van der Waals surface area contributed by atoms with Crippen molar-refractivity contribution in [3.63, 3.8) is 0 Å². The zero-order valence-electron chi connectivity index (χ0n) is 7.92. The lowest BCUT2D eigenvalue weighted by atomic mass is 10.0. The summed E-state index contributed by atoms with van der Waals surface area (Å²) in [6, 6.07) is 6.33. The third kappa shape index (κ3) is 1.83. The lowest BCUT2D eigenvalue weighted by Gasteiger charge is -2.06. The summed E-state index contributed by atoms with van der Waals surface area (Å²) in [7, 11) is 1.71. The second-order valence-corrected chi connectivity index (χ2v) is 3.31. The second-order valence-electron chi connectivity index (χ2n) is 3.31. The quantitative estimate of drug-likeness (QED) is 0.634. The molecule has 0 aromatic heterocycles. The van der Waals surface area contributed by atoms with Gasteiger partial charge in [-0.2, -0.15) is 0 Å². The Bertz CT molecular complexity index is 296. The molecule has 0 N–H and O–H groups in total. The molecular formula is C11H14NO. The molecule has 0 saturated heterocycles. The van der Waals surface area contributed by atoms with Crippen molar-refractivity contribution in [2.75, 3.05) is 20.2 Å². The molecule has 0 amide bonds. The molecule has 1 aromatic carbocycles. The van der Waals surface area contributed by atoms with Crippen LogP contribution in [0.1, 0.15) is 11.1 Å². The Kier molecular flexibility index (Phi) is 2.50. The van der Waals surface area contributed by atoms with Gasteiger partial charge in [-0.25, -0.2) is 5.32 Å². The van der Waals surface area contributed by atoms with E-state index < -0.39 is 0 Å². The summed E-state index contributed by atoms with van der Waals surface area (Å²) in [5, 5.41) is 4.40. The largest absolute Gasteiger partial charge is 0.497 e. The van der Waals surface area contributed by atoms with Crippen LogP contribution in [0.25, 0.3) is 0 Å². The number of hydrogen-bond acceptors (Lipinski definition) is 1. The van der Waals surface area contributed by atoms with Crippen LogP contribution in [0, 0.1) is 0 Å². The number of nitrogens with zero attached hydrogens (tertiary/aromatic N) is 1. The number of ether oxygens (including phenoxy) is 1. The molecule has 1 radical (unpaired) electrons. The average Bonchev–Trinajstić information content (AvgIpc) is 2.41. The summed E-state index contributed by atoms with van der Waals surface area (Å²) in [5.74, 6) is 0.959. The van der Waals surface area contributed by atoms with Crippen molar-refractivity contribution in [1.29, 1.82) is 0 Å². The zero-order valence-corrected chi connectivity index (χ0v) is 7.92. The highest BCUT2D eigenvalue weighted by Crippen LogP contribution is 2.19. The summed E-state index contributed by atoms with van der Waals surface area (Å²) >= 11 is 0. The van der Waals surface area contributed by atoms with Crippen LogP contribution in [0.4, 0.5) is 0 Å². The van der Waals surface area contributed by atoms with E-state index in [0.717, 1.165) is 31.7 Å². The third-order valence-electron chi connectivity index (χ3n) is 2.49. The van der Waals surface area contributed by atoms with E-state index in [1.54, 1.807) is 7.11 Å². The smallest absolute Gasteiger partial charge is 0.119 e. The van der Waals surface area contributed by atoms with E-state index in [1.807, 2.05) is 6.07 Å². The molecule has 69 valence electrons. The normalized spacial score (nSPS) is 16.1. The molecule has 1 aliphatic heterocycles. The van der Waals surface area contributed by atoms with Crippen LogP contribution in [-0.4, -0.2) is 20.2 Å². The van der Waals surface area contributed by atoms with Crippen LogP contribution >= 0.6 is 0 Å². The maximum atomic E-state index is 5.19. The first kappa shape index (κ1) is 8.57. The van der Waals surface area contributed by atoms with Gasteiger partial charge in [-0.15, -0.1) is 0 Å². The van der Waals surface area contributed by atoms with Gasteiger partial charge in [0, 0.05) is 13.1 Å². The number of hydrogen-bond donors (Lipinski definition) is 0. The van der Waals surface area contributed by atoms with Gasteiger partial charge in [-0.3, -0.25) is 0 Å². The Morgan fingerprint density at radius 1 is 1.15 bits per heavy atom. The van der Waals surface area contributed by atoms with Gasteiger partial charge in [0.05, 0.1) is 7.11 Å². The number of rotatable bonds is 1. The van der Waals surface area contributed by atoms with Gasteiger partial charge in [-0.1, -0.05) is 6.07 Å². The fourth-order valence-corrected chi connectivity index (χ4v) is 1.72. The number of fused-ring (bicyclic) bond motifs is 1. The third-order valence-corrected chi connectivity index (χ3v) is 2.49. The van der Waals surface area contributed by atoms with Crippen molar-refractivity contribution in [3.8, 4) is 5.75 Å². The van der Waals surface area contributed by atoms with Crippen LogP contribution in [0.3, 0.4) is 0 Å². The van der Waals surface area contributed by atoms with Gasteiger partial charge in [0.2, 0.25) is 0 Å². The monoisotopic (exact) mass is 176 g/mol. The van der Waals surface area contributed by atoms with E-state index in [0.29, 0.717) is 0 Å². The molecule has 0 atom stereocenters. The van der Waals surface area contributed by atoms with Crippen LogP contribution < -0.4 is 10.1 Å². The van der Waals surface area contributed by atoms with E-state index >= 15 is 0 Å². The Labute approximate surface area is 78.9 Å². The Morgan fingerprint density at radius 3 is 2.69 bits per heavy atom. The first-order chi connectivity index (χ1) is 6.40. The highest BCUT2D eigenvalue weighted by molar-refractivity contribution is 5.36. The van der Waals surface area contributed by atoms with Crippen molar-refractivity contribution in [2.24, 2.45) is 0 Å². The minimum absolute atomic E-state index is 0.958. The maximum Gasteiger partial charge on any atom is 0.119 e. The van der Waals surface area contributed by atoms with Crippen molar-refractivity contribution in [2.45, 2.75) is 12.8 Å². The molecule has 1 aromatic rings. The van der Waals surface area contributed by atoms with Crippen LogP contribution in [0.5, 0.6) is 5.75 Å². The lowest BCUT2D eigenvalue weighted by molar-refractivity contribution is 0.414. The maximum absolute atomic E-state index is 5.19. The van der Waals surface area contributed by atoms with Crippen molar-refractivity contribution < 1.29 is 4.74 Å². The first-order valence-electron chi connectivity index (χ1n) is 4.69. The standard InChI is InChI=1S/C11H14NO/c1-13-11-3-2-9-4-6-12-7-5-10(9)8-11/h2-3,8H,4-7H2,1H3.